The van der Waals surface area contributed by atoms with Crippen molar-refractivity contribution in [2.75, 3.05) is 12.9 Å². The summed E-state index contributed by atoms with van der Waals surface area (Å²) < 4.78 is 7.17. The van der Waals surface area contributed by atoms with Crippen molar-refractivity contribution in [2.24, 2.45) is 5.10 Å². The number of nitrogens with zero attached hydrogens (tertiary/aromatic N) is 5. The van der Waals surface area contributed by atoms with Gasteiger partial charge in [-0.15, -0.1) is 10.2 Å². The first-order valence-corrected chi connectivity index (χ1v) is 10.7. The molecule has 1 N–H and O–H groups in total. The van der Waals surface area contributed by atoms with Gasteiger partial charge in [0.1, 0.15) is 5.75 Å². The van der Waals surface area contributed by atoms with Crippen LogP contribution in [0.25, 0.3) is 17.1 Å². The van der Waals surface area contributed by atoms with Gasteiger partial charge >= 0.3 is 0 Å². The van der Waals surface area contributed by atoms with Gasteiger partial charge < -0.3 is 4.74 Å². The molecule has 0 fully saturated rings. The largest absolute Gasteiger partial charge is 0.497 e. The normalized spacial score (nSPS) is 10.9. The monoisotopic (exact) mass is 444 g/mol. The summed E-state index contributed by atoms with van der Waals surface area (Å²) in [6, 6.07) is 22.8. The number of pyridine rings is 1. The maximum atomic E-state index is 12.3. The van der Waals surface area contributed by atoms with Crippen molar-refractivity contribution in [3.63, 3.8) is 0 Å². The van der Waals surface area contributed by atoms with Gasteiger partial charge in [-0.3, -0.25) is 14.3 Å². The molecule has 0 bridgehead atoms. The van der Waals surface area contributed by atoms with Crippen molar-refractivity contribution in [3.8, 4) is 22.8 Å². The zero-order valence-electron chi connectivity index (χ0n) is 17.3. The number of para-hydroxylation sites is 1. The third-order valence-electron chi connectivity index (χ3n) is 4.40. The third kappa shape index (κ3) is 5.19. The predicted octanol–water partition coefficient (Wildman–Crippen LogP) is 3.58. The zero-order chi connectivity index (χ0) is 22.2. The van der Waals surface area contributed by atoms with Gasteiger partial charge in [0, 0.05) is 17.4 Å². The lowest BCUT2D eigenvalue weighted by Gasteiger charge is -2.10. The van der Waals surface area contributed by atoms with Crippen molar-refractivity contribution < 1.29 is 9.53 Å². The van der Waals surface area contributed by atoms with Crippen molar-refractivity contribution in [3.05, 3.63) is 84.7 Å². The van der Waals surface area contributed by atoms with E-state index in [0.717, 1.165) is 17.0 Å². The van der Waals surface area contributed by atoms with Crippen LogP contribution in [0, 0.1) is 0 Å². The molecule has 9 heteroatoms. The van der Waals surface area contributed by atoms with Gasteiger partial charge in [-0.2, -0.15) is 5.10 Å². The topological polar surface area (TPSA) is 94.3 Å². The molecule has 4 rings (SSSR count). The van der Waals surface area contributed by atoms with E-state index in [1.807, 2.05) is 71.3 Å². The Morgan fingerprint density at radius 3 is 2.56 bits per heavy atom. The van der Waals surface area contributed by atoms with E-state index in [-0.39, 0.29) is 11.7 Å². The summed E-state index contributed by atoms with van der Waals surface area (Å²) >= 11 is 1.28. The minimum Gasteiger partial charge on any atom is -0.497 e. The van der Waals surface area contributed by atoms with Crippen molar-refractivity contribution in [1.82, 2.24) is 25.2 Å². The third-order valence-corrected chi connectivity index (χ3v) is 5.33. The first kappa shape index (κ1) is 21.3. The highest BCUT2D eigenvalue weighted by atomic mass is 32.2. The van der Waals surface area contributed by atoms with Crippen LogP contribution in [0.2, 0.25) is 0 Å². The second kappa shape index (κ2) is 10.4. The number of hydrogen-bond acceptors (Lipinski definition) is 7. The number of methoxy groups -OCH3 is 1. The Balaban J connectivity index is 1.51. The summed E-state index contributed by atoms with van der Waals surface area (Å²) in [5, 5.41) is 13.3. The molecule has 2 aromatic carbocycles. The van der Waals surface area contributed by atoms with Crippen LogP contribution in [0.4, 0.5) is 0 Å². The maximum absolute atomic E-state index is 12.3. The molecule has 0 spiro atoms. The molecule has 0 saturated heterocycles. The SMILES string of the molecule is COc1ccc(-c2nnc(SCC(=O)N/N=C/c3ccccn3)n2-c2ccccc2)cc1. The van der Waals surface area contributed by atoms with Crippen LogP contribution in [0.15, 0.2) is 89.3 Å². The second-order valence-electron chi connectivity index (χ2n) is 6.54. The molecule has 8 nitrogen and oxygen atoms in total. The van der Waals surface area contributed by atoms with E-state index in [0.29, 0.717) is 16.7 Å². The van der Waals surface area contributed by atoms with Crippen LogP contribution in [0.5, 0.6) is 5.75 Å². The summed E-state index contributed by atoms with van der Waals surface area (Å²) in [7, 11) is 1.63. The standard InChI is InChI=1S/C23H20N6O2S/c1-31-20-12-10-17(11-13-20)22-27-28-23(29(22)19-8-3-2-4-9-19)32-16-21(30)26-25-15-18-7-5-6-14-24-18/h2-15H,16H2,1H3,(H,26,30)/b25-15+. The van der Waals surface area contributed by atoms with Gasteiger partial charge in [0.25, 0.3) is 5.91 Å². The molecule has 160 valence electrons. The number of hydrazone groups is 1. The Morgan fingerprint density at radius 1 is 1.06 bits per heavy atom. The van der Waals surface area contributed by atoms with Crippen LogP contribution in [0.1, 0.15) is 5.69 Å². The van der Waals surface area contributed by atoms with E-state index >= 15 is 0 Å². The van der Waals surface area contributed by atoms with Crippen molar-refractivity contribution in [2.45, 2.75) is 5.16 Å². The molecule has 0 aliphatic heterocycles. The molecule has 0 aliphatic carbocycles. The Labute approximate surface area is 189 Å². The van der Waals surface area contributed by atoms with Crippen LogP contribution < -0.4 is 10.2 Å². The number of hydrogen-bond donors (Lipinski definition) is 1. The van der Waals surface area contributed by atoms with Crippen LogP contribution in [-0.4, -0.2) is 44.7 Å². The summed E-state index contributed by atoms with van der Waals surface area (Å²) in [4.78, 5) is 16.4. The number of rotatable bonds is 8. The Kier molecular flexibility index (Phi) is 6.88. The maximum Gasteiger partial charge on any atom is 0.250 e. The lowest BCUT2D eigenvalue weighted by atomic mass is 10.2. The predicted molar refractivity (Wildman–Crippen MR) is 124 cm³/mol. The van der Waals surface area contributed by atoms with E-state index in [2.05, 4.69) is 25.7 Å². The molecule has 2 aromatic heterocycles. The minimum absolute atomic E-state index is 0.132. The lowest BCUT2D eigenvalue weighted by Crippen LogP contribution is -2.20. The first-order chi connectivity index (χ1) is 15.7. The van der Waals surface area contributed by atoms with E-state index < -0.39 is 0 Å². The van der Waals surface area contributed by atoms with E-state index in [1.165, 1.54) is 18.0 Å². The summed E-state index contributed by atoms with van der Waals surface area (Å²) in [5.74, 6) is 1.32. The number of amides is 1. The zero-order valence-corrected chi connectivity index (χ0v) is 18.1. The van der Waals surface area contributed by atoms with E-state index in [4.69, 9.17) is 4.74 Å². The first-order valence-electron chi connectivity index (χ1n) is 9.75. The molecule has 0 radical (unpaired) electrons. The molecular formula is C23H20N6O2S. The lowest BCUT2D eigenvalue weighted by molar-refractivity contribution is -0.118. The number of carbonyl (C=O) groups is 1. The number of carbonyl (C=O) groups excluding carboxylic acids is 1. The number of benzene rings is 2. The van der Waals surface area contributed by atoms with Gasteiger partial charge in [0.2, 0.25) is 0 Å². The minimum atomic E-state index is -0.254. The van der Waals surface area contributed by atoms with Gasteiger partial charge in [0.05, 0.1) is 24.8 Å². The van der Waals surface area contributed by atoms with Gasteiger partial charge in [0.15, 0.2) is 11.0 Å². The van der Waals surface area contributed by atoms with E-state index in [1.54, 1.807) is 19.4 Å². The van der Waals surface area contributed by atoms with Gasteiger partial charge in [-0.05, 0) is 48.5 Å². The summed E-state index contributed by atoms with van der Waals surface area (Å²) in [5.41, 5.74) is 4.96. The number of aromatic nitrogens is 4. The van der Waals surface area contributed by atoms with Crippen LogP contribution >= 0.6 is 11.8 Å². The highest BCUT2D eigenvalue weighted by Gasteiger charge is 2.17. The fourth-order valence-corrected chi connectivity index (χ4v) is 3.63. The summed E-state index contributed by atoms with van der Waals surface area (Å²) in [6.07, 6.45) is 3.16. The van der Waals surface area contributed by atoms with Gasteiger partial charge in [-0.25, -0.2) is 5.43 Å². The number of thioether (sulfide) groups is 1. The highest BCUT2D eigenvalue weighted by molar-refractivity contribution is 7.99. The molecule has 4 aromatic rings. The Hall–Kier alpha value is -3.98. The summed E-state index contributed by atoms with van der Waals surface area (Å²) in [6.45, 7) is 0. The highest BCUT2D eigenvalue weighted by Crippen LogP contribution is 2.28. The smallest absolute Gasteiger partial charge is 0.250 e. The average Bonchev–Trinajstić information content (AvgIpc) is 3.28. The van der Waals surface area contributed by atoms with Crippen LogP contribution in [0.3, 0.4) is 0 Å². The quantitative estimate of drug-likeness (QED) is 0.254. The Morgan fingerprint density at radius 2 is 1.84 bits per heavy atom. The Bertz CT molecular complexity index is 1190. The molecule has 0 saturated carbocycles. The average molecular weight is 445 g/mol. The van der Waals surface area contributed by atoms with E-state index in [9.17, 15) is 4.79 Å². The number of ether oxygens (including phenoxy) is 1. The second-order valence-corrected chi connectivity index (χ2v) is 7.48. The molecule has 0 aliphatic rings. The molecule has 2 heterocycles. The number of nitrogens with one attached hydrogen (secondary N) is 1. The fourth-order valence-electron chi connectivity index (χ4n) is 2.89. The van der Waals surface area contributed by atoms with Crippen LogP contribution in [-0.2, 0) is 4.79 Å². The molecule has 0 unspecified atom stereocenters. The molecule has 1 amide bonds. The van der Waals surface area contributed by atoms with Gasteiger partial charge in [-0.1, -0.05) is 36.0 Å². The molecular weight excluding hydrogens is 424 g/mol. The molecule has 32 heavy (non-hydrogen) atoms. The van der Waals surface area contributed by atoms with Crippen molar-refractivity contribution >= 4 is 23.9 Å². The van der Waals surface area contributed by atoms with Crippen molar-refractivity contribution in [1.29, 1.82) is 0 Å². The molecule has 0 atom stereocenters. The fraction of sp³-hybridized carbons (Fsp3) is 0.0870.